The van der Waals surface area contributed by atoms with E-state index in [2.05, 4.69) is 26.5 Å². The predicted octanol–water partition coefficient (Wildman–Crippen LogP) is 4.38. The number of aliphatic hydroxyl groups excluding tert-OH is 1. The van der Waals surface area contributed by atoms with Crippen LogP contribution in [0.4, 0.5) is 5.95 Å². The van der Waals surface area contributed by atoms with E-state index in [1.807, 2.05) is 31.4 Å². The minimum atomic E-state index is -0.349. The number of aliphatic hydroxyl groups is 1. The van der Waals surface area contributed by atoms with Gasteiger partial charge in [-0.25, -0.2) is 4.98 Å². The van der Waals surface area contributed by atoms with E-state index in [1.54, 1.807) is 35.2 Å². The Hall–Kier alpha value is -4.34. The molecule has 40 heavy (non-hydrogen) atoms. The normalized spacial score (nSPS) is 15.9. The van der Waals surface area contributed by atoms with Crippen molar-refractivity contribution in [3.8, 4) is 16.8 Å². The second-order valence-electron chi connectivity index (χ2n) is 10.7. The summed E-state index contributed by atoms with van der Waals surface area (Å²) in [5.41, 5.74) is 1.88. The lowest BCUT2D eigenvalue weighted by Gasteiger charge is -2.26. The van der Waals surface area contributed by atoms with Gasteiger partial charge in [0, 0.05) is 13.1 Å². The zero-order chi connectivity index (χ0) is 28.4. The van der Waals surface area contributed by atoms with Gasteiger partial charge in [0.2, 0.25) is 18.2 Å². The monoisotopic (exact) mass is 559 g/mol. The first kappa shape index (κ1) is 27.2. The number of allylic oxidation sites excluding steroid dienone is 1. The van der Waals surface area contributed by atoms with Crippen LogP contribution in [-0.2, 0) is 17.9 Å². The summed E-state index contributed by atoms with van der Waals surface area (Å²) in [6.45, 7) is 6.63. The molecule has 5 rings (SSSR count). The van der Waals surface area contributed by atoms with Gasteiger partial charge in [0.25, 0.3) is 11.8 Å². The van der Waals surface area contributed by atoms with Crippen LogP contribution < -0.4 is 5.32 Å². The Balaban J connectivity index is 1.45. The number of anilines is 1. The summed E-state index contributed by atoms with van der Waals surface area (Å²) in [6, 6.07) is 10.8. The standard InChI is InChI=1S/C28H29N7O4S/c1-28(2,3)12-18(13-29)26(38)34-10-4-5-19(34)14-35-21-7-6-17(15-36)11-20(21)31-27(35)32-25(37)23-9-8-22(40-23)24-30-16-39-33-24/h6-9,11-12,16,19,36H,4-5,10,14-15H2,1-3H3,(H,31,32,37)/b18-12+/t19-/m1/s1. The SMILES string of the molecule is CC(C)(C)/C=C(\C#N)C(=O)N1CCC[C@@H]1Cn1c(NC(=O)c2ccc(-c3ncon3)s2)nc2cc(CO)ccc21. The zero-order valence-electron chi connectivity index (χ0n) is 22.4. The van der Waals surface area contributed by atoms with Crippen molar-refractivity contribution in [3.63, 3.8) is 0 Å². The molecule has 0 radical (unpaired) electrons. The molecule has 1 aromatic carbocycles. The Morgan fingerprint density at radius 1 is 1.30 bits per heavy atom. The third-order valence-electron chi connectivity index (χ3n) is 6.59. The number of nitrogens with one attached hydrogen (secondary N) is 1. The number of thiophene rings is 1. The van der Waals surface area contributed by atoms with E-state index in [0.29, 0.717) is 45.7 Å². The molecule has 0 aliphatic carbocycles. The van der Waals surface area contributed by atoms with Crippen molar-refractivity contribution in [1.29, 1.82) is 5.26 Å². The van der Waals surface area contributed by atoms with E-state index >= 15 is 0 Å². The molecule has 1 atom stereocenters. The second kappa shape index (κ2) is 11.0. The maximum absolute atomic E-state index is 13.4. The number of amides is 2. The average Bonchev–Trinajstić information content (AvgIpc) is 3.73. The van der Waals surface area contributed by atoms with Gasteiger partial charge in [-0.05, 0) is 48.1 Å². The molecule has 1 saturated heterocycles. The topological polar surface area (TPSA) is 150 Å². The Kier molecular flexibility index (Phi) is 7.51. The number of carbonyl (C=O) groups excluding carboxylic acids is 2. The van der Waals surface area contributed by atoms with E-state index in [1.165, 1.54) is 17.7 Å². The van der Waals surface area contributed by atoms with Crippen LogP contribution in [-0.4, -0.2) is 54.1 Å². The predicted molar refractivity (Wildman–Crippen MR) is 149 cm³/mol. The number of hydrogen-bond donors (Lipinski definition) is 2. The fourth-order valence-electron chi connectivity index (χ4n) is 4.81. The number of imidazole rings is 1. The van der Waals surface area contributed by atoms with Crippen molar-refractivity contribution in [2.75, 3.05) is 11.9 Å². The van der Waals surface area contributed by atoms with Gasteiger partial charge in [0.1, 0.15) is 11.6 Å². The van der Waals surface area contributed by atoms with Crippen LogP contribution in [0.2, 0.25) is 0 Å². The highest BCUT2D eigenvalue weighted by Crippen LogP contribution is 2.30. The fourth-order valence-corrected chi connectivity index (χ4v) is 5.64. The Labute approximate surface area is 234 Å². The molecule has 1 aliphatic heterocycles. The maximum Gasteiger partial charge on any atom is 0.268 e. The Bertz CT molecular complexity index is 1620. The van der Waals surface area contributed by atoms with Crippen molar-refractivity contribution in [3.05, 3.63) is 58.8 Å². The van der Waals surface area contributed by atoms with Gasteiger partial charge in [-0.1, -0.05) is 38.1 Å². The zero-order valence-corrected chi connectivity index (χ0v) is 23.2. The lowest BCUT2D eigenvalue weighted by molar-refractivity contribution is -0.127. The third-order valence-corrected chi connectivity index (χ3v) is 7.67. The number of hydrogen-bond acceptors (Lipinski definition) is 9. The summed E-state index contributed by atoms with van der Waals surface area (Å²) in [4.78, 5) is 38.2. The summed E-state index contributed by atoms with van der Waals surface area (Å²) in [6.07, 6.45) is 4.50. The number of benzene rings is 1. The fraction of sp³-hybridized carbons (Fsp3) is 0.357. The highest BCUT2D eigenvalue weighted by Gasteiger charge is 2.32. The van der Waals surface area contributed by atoms with Gasteiger partial charge in [0.05, 0.1) is 33.4 Å². The summed E-state index contributed by atoms with van der Waals surface area (Å²) >= 11 is 1.23. The van der Waals surface area contributed by atoms with Crippen molar-refractivity contribution < 1.29 is 19.2 Å². The first-order chi connectivity index (χ1) is 19.2. The van der Waals surface area contributed by atoms with Crippen LogP contribution in [0, 0.1) is 16.7 Å². The summed E-state index contributed by atoms with van der Waals surface area (Å²) in [5.74, 6) is 0.0914. The molecule has 206 valence electrons. The molecule has 2 N–H and O–H groups in total. The number of likely N-dealkylation sites (tertiary alicyclic amines) is 1. The largest absolute Gasteiger partial charge is 0.392 e. The molecule has 4 aromatic rings. The quantitative estimate of drug-likeness (QED) is 0.250. The molecule has 2 amide bonds. The number of carbonyl (C=O) groups is 2. The molecule has 0 saturated carbocycles. The highest BCUT2D eigenvalue weighted by molar-refractivity contribution is 7.17. The van der Waals surface area contributed by atoms with E-state index in [0.717, 1.165) is 18.4 Å². The van der Waals surface area contributed by atoms with Gasteiger partial charge in [-0.2, -0.15) is 10.2 Å². The number of nitrogens with zero attached hydrogens (tertiary/aromatic N) is 6. The molecular formula is C28H29N7O4S. The van der Waals surface area contributed by atoms with E-state index in [9.17, 15) is 20.0 Å². The third kappa shape index (κ3) is 5.66. The minimum Gasteiger partial charge on any atom is -0.392 e. The van der Waals surface area contributed by atoms with Gasteiger partial charge in [-0.15, -0.1) is 11.3 Å². The molecule has 3 aromatic heterocycles. The van der Waals surface area contributed by atoms with Gasteiger partial charge in [-0.3, -0.25) is 14.9 Å². The van der Waals surface area contributed by atoms with E-state index < -0.39 is 0 Å². The van der Waals surface area contributed by atoms with Crippen LogP contribution >= 0.6 is 11.3 Å². The molecule has 11 nitrogen and oxygen atoms in total. The summed E-state index contributed by atoms with van der Waals surface area (Å²) in [7, 11) is 0. The van der Waals surface area contributed by atoms with Crippen LogP contribution in [0.25, 0.3) is 21.7 Å². The maximum atomic E-state index is 13.4. The van der Waals surface area contributed by atoms with Crippen molar-refractivity contribution in [1.82, 2.24) is 24.6 Å². The van der Waals surface area contributed by atoms with Crippen molar-refractivity contribution in [2.45, 2.75) is 52.8 Å². The van der Waals surface area contributed by atoms with Gasteiger partial charge < -0.3 is 19.1 Å². The summed E-state index contributed by atoms with van der Waals surface area (Å²) < 4.78 is 6.69. The van der Waals surface area contributed by atoms with Gasteiger partial charge >= 0.3 is 0 Å². The molecule has 12 heteroatoms. The molecule has 0 bridgehead atoms. The van der Waals surface area contributed by atoms with Gasteiger partial charge in [0.15, 0.2) is 0 Å². The highest BCUT2D eigenvalue weighted by atomic mass is 32.1. The number of rotatable bonds is 7. The average molecular weight is 560 g/mol. The number of aromatic nitrogens is 4. The van der Waals surface area contributed by atoms with Crippen LogP contribution in [0.5, 0.6) is 0 Å². The lowest BCUT2D eigenvalue weighted by Crippen LogP contribution is -2.39. The first-order valence-corrected chi connectivity index (χ1v) is 13.7. The minimum absolute atomic E-state index is 0.131. The Morgan fingerprint density at radius 2 is 2.12 bits per heavy atom. The molecule has 1 fully saturated rings. The molecule has 1 aliphatic rings. The first-order valence-electron chi connectivity index (χ1n) is 12.9. The van der Waals surface area contributed by atoms with Crippen molar-refractivity contribution in [2.24, 2.45) is 5.41 Å². The second-order valence-corrected chi connectivity index (χ2v) is 11.8. The number of fused-ring (bicyclic) bond motifs is 1. The number of nitriles is 1. The molecular weight excluding hydrogens is 530 g/mol. The summed E-state index contributed by atoms with van der Waals surface area (Å²) in [5, 5.41) is 26.1. The van der Waals surface area contributed by atoms with E-state index in [-0.39, 0.29) is 35.5 Å². The smallest absolute Gasteiger partial charge is 0.268 e. The molecule has 0 spiro atoms. The van der Waals surface area contributed by atoms with Crippen molar-refractivity contribution >= 4 is 40.1 Å². The van der Waals surface area contributed by atoms with Crippen LogP contribution in [0.3, 0.4) is 0 Å². The lowest BCUT2D eigenvalue weighted by atomic mass is 9.93. The van der Waals surface area contributed by atoms with Crippen LogP contribution in [0.1, 0.15) is 48.8 Å². The molecule has 0 unspecified atom stereocenters. The van der Waals surface area contributed by atoms with E-state index in [4.69, 9.17) is 4.52 Å². The van der Waals surface area contributed by atoms with Crippen LogP contribution in [0.15, 0.2) is 52.9 Å². The molecule has 4 heterocycles. The Morgan fingerprint density at radius 3 is 2.83 bits per heavy atom.